The van der Waals surface area contributed by atoms with Crippen LogP contribution < -0.4 is 16.4 Å². The molecule has 3 rings (SSSR count). The molecule has 132 valence electrons. The van der Waals surface area contributed by atoms with E-state index in [1.54, 1.807) is 31.2 Å². The summed E-state index contributed by atoms with van der Waals surface area (Å²) < 4.78 is 0. The number of rotatable bonds is 3. The molecule has 1 heterocycles. The van der Waals surface area contributed by atoms with Crippen molar-refractivity contribution < 1.29 is 14.4 Å². The van der Waals surface area contributed by atoms with E-state index in [0.717, 1.165) is 12.8 Å². The minimum Gasteiger partial charge on any atom is -0.369 e. The number of benzene rings is 1. The molecule has 0 radical (unpaired) electrons. The van der Waals surface area contributed by atoms with Crippen LogP contribution in [-0.2, 0) is 14.4 Å². The van der Waals surface area contributed by atoms with Gasteiger partial charge in [-0.2, -0.15) is 0 Å². The zero-order valence-electron chi connectivity index (χ0n) is 13.9. The molecule has 1 unspecified atom stereocenters. The maximum absolute atomic E-state index is 13.0. The van der Waals surface area contributed by atoms with Crippen molar-refractivity contribution in [3.8, 4) is 0 Å². The van der Waals surface area contributed by atoms with Crippen molar-refractivity contribution in [2.24, 2.45) is 17.1 Å². The van der Waals surface area contributed by atoms with Gasteiger partial charge in [0, 0.05) is 27.4 Å². The summed E-state index contributed by atoms with van der Waals surface area (Å²) >= 11 is 5.87. The number of halogens is 1. The highest BCUT2D eigenvalue weighted by molar-refractivity contribution is 6.30. The van der Waals surface area contributed by atoms with Crippen molar-refractivity contribution in [1.82, 2.24) is 5.32 Å². The van der Waals surface area contributed by atoms with Gasteiger partial charge in [-0.3, -0.25) is 14.4 Å². The average molecular weight is 362 g/mol. The highest BCUT2D eigenvalue weighted by Crippen LogP contribution is 2.52. The molecule has 25 heavy (non-hydrogen) atoms. The molecule has 6 nitrogen and oxygen atoms in total. The number of primary amides is 1. The zero-order valence-corrected chi connectivity index (χ0v) is 14.7. The van der Waals surface area contributed by atoms with Crippen LogP contribution >= 0.6 is 11.6 Å². The van der Waals surface area contributed by atoms with Gasteiger partial charge in [0.1, 0.15) is 5.92 Å². The van der Waals surface area contributed by atoms with Gasteiger partial charge >= 0.3 is 0 Å². The summed E-state index contributed by atoms with van der Waals surface area (Å²) in [5.41, 5.74) is 6.22. The van der Waals surface area contributed by atoms with Crippen LogP contribution in [0.2, 0.25) is 5.02 Å². The van der Waals surface area contributed by atoms with Gasteiger partial charge in [0.2, 0.25) is 11.8 Å². The van der Waals surface area contributed by atoms with E-state index in [1.165, 1.54) is 0 Å². The predicted molar refractivity (Wildman–Crippen MR) is 94.5 cm³/mol. The maximum atomic E-state index is 13.0. The Bertz CT molecular complexity index is 764. The predicted octanol–water partition coefficient (Wildman–Crippen LogP) is 2.34. The van der Waals surface area contributed by atoms with Crippen LogP contribution in [-0.4, -0.2) is 17.7 Å². The van der Waals surface area contributed by atoms with E-state index in [1.807, 2.05) is 0 Å². The Labute approximate surface area is 150 Å². The van der Waals surface area contributed by atoms with E-state index < -0.39 is 23.1 Å². The minimum absolute atomic E-state index is 0.326. The summed E-state index contributed by atoms with van der Waals surface area (Å²) in [6.07, 6.45) is 2.88. The molecule has 1 atom stereocenters. The summed E-state index contributed by atoms with van der Waals surface area (Å²) in [6.45, 7) is 1.69. The first kappa shape index (κ1) is 17.5. The SMILES string of the molecule is CC1=C(C(=O)Nc2ccc(Cl)cc2)C2(CCCC2)C(C(N)=O)C(=O)N1. The first-order valence-electron chi connectivity index (χ1n) is 8.23. The molecule has 1 aliphatic carbocycles. The van der Waals surface area contributed by atoms with Gasteiger partial charge in [-0.15, -0.1) is 0 Å². The van der Waals surface area contributed by atoms with Crippen molar-refractivity contribution in [1.29, 1.82) is 0 Å². The lowest BCUT2D eigenvalue weighted by Crippen LogP contribution is -2.54. The van der Waals surface area contributed by atoms with Crippen molar-refractivity contribution >= 4 is 35.0 Å². The molecule has 0 saturated heterocycles. The van der Waals surface area contributed by atoms with Crippen LogP contribution in [0.25, 0.3) is 0 Å². The highest BCUT2D eigenvalue weighted by atomic mass is 35.5. The standard InChI is InChI=1S/C18H20ClN3O3/c1-10-13(16(24)22-12-6-4-11(19)5-7-12)18(8-2-3-9-18)14(15(20)23)17(25)21-10/h4-7,14H,2-3,8-9H2,1H3,(H2,20,23)(H,21,25)(H,22,24). The van der Waals surface area contributed by atoms with E-state index >= 15 is 0 Å². The molecule has 4 N–H and O–H groups in total. The summed E-state index contributed by atoms with van der Waals surface area (Å²) in [7, 11) is 0. The summed E-state index contributed by atoms with van der Waals surface area (Å²) in [4.78, 5) is 37.4. The number of carbonyl (C=O) groups is 3. The molecule has 1 aliphatic heterocycles. The lowest BCUT2D eigenvalue weighted by molar-refractivity contribution is -0.139. The Kier molecular flexibility index (Phi) is 4.56. The zero-order chi connectivity index (χ0) is 18.2. The highest BCUT2D eigenvalue weighted by Gasteiger charge is 2.55. The van der Waals surface area contributed by atoms with E-state index in [9.17, 15) is 14.4 Å². The van der Waals surface area contributed by atoms with E-state index in [-0.39, 0.29) is 5.91 Å². The monoisotopic (exact) mass is 361 g/mol. The molecule has 2 aliphatic rings. The number of hydrogen-bond acceptors (Lipinski definition) is 3. The first-order chi connectivity index (χ1) is 11.8. The Balaban J connectivity index is 2.00. The Morgan fingerprint density at radius 3 is 2.40 bits per heavy atom. The van der Waals surface area contributed by atoms with Gasteiger partial charge < -0.3 is 16.4 Å². The number of carbonyl (C=O) groups excluding carboxylic acids is 3. The van der Waals surface area contributed by atoms with E-state index in [4.69, 9.17) is 17.3 Å². The van der Waals surface area contributed by atoms with Gasteiger partial charge in [0.15, 0.2) is 0 Å². The van der Waals surface area contributed by atoms with E-state index in [0.29, 0.717) is 34.8 Å². The van der Waals surface area contributed by atoms with Crippen LogP contribution in [0.4, 0.5) is 5.69 Å². The molecule has 3 amide bonds. The molecule has 0 aromatic heterocycles. The van der Waals surface area contributed by atoms with Crippen LogP contribution in [0.5, 0.6) is 0 Å². The molecule has 0 bridgehead atoms. The van der Waals surface area contributed by atoms with Crippen molar-refractivity contribution in [3.63, 3.8) is 0 Å². The quantitative estimate of drug-likeness (QED) is 0.720. The first-order valence-corrected chi connectivity index (χ1v) is 8.61. The van der Waals surface area contributed by atoms with Gasteiger partial charge in [-0.1, -0.05) is 24.4 Å². The number of nitrogens with one attached hydrogen (secondary N) is 2. The number of amides is 3. The fourth-order valence-corrected chi connectivity index (χ4v) is 4.28. The summed E-state index contributed by atoms with van der Waals surface area (Å²) in [5, 5.41) is 6.05. The lowest BCUT2D eigenvalue weighted by atomic mass is 9.65. The molecule has 7 heteroatoms. The van der Waals surface area contributed by atoms with Gasteiger partial charge in [-0.25, -0.2) is 0 Å². The van der Waals surface area contributed by atoms with Gasteiger partial charge in [0.25, 0.3) is 5.91 Å². The Morgan fingerprint density at radius 2 is 1.84 bits per heavy atom. The third-order valence-corrected chi connectivity index (χ3v) is 5.36. The van der Waals surface area contributed by atoms with Crippen LogP contribution in [0.3, 0.4) is 0 Å². The maximum Gasteiger partial charge on any atom is 0.253 e. The largest absolute Gasteiger partial charge is 0.369 e. The fraction of sp³-hybridized carbons (Fsp3) is 0.389. The second-order valence-electron chi connectivity index (χ2n) is 6.65. The average Bonchev–Trinajstić information content (AvgIpc) is 2.97. The van der Waals surface area contributed by atoms with Crippen molar-refractivity contribution in [2.75, 3.05) is 5.32 Å². The number of anilines is 1. The van der Waals surface area contributed by atoms with E-state index in [2.05, 4.69) is 10.6 Å². The molecular weight excluding hydrogens is 342 g/mol. The second-order valence-corrected chi connectivity index (χ2v) is 7.09. The topological polar surface area (TPSA) is 101 Å². The van der Waals surface area contributed by atoms with Crippen LogP contribution in [0.15, 0.2) is 35.5 Å². The number of allylic oxidation sites excluding steroid dienone is 1. The third kappa shape index (κ3) is 3.02. The molecule has 1 spiro atoms. The Hall–Kier alpha value is -2.34. The Morgan fingerprint density at radius 1 is 1.24 bits per heavy atom. The number of nitrogens with two attached hydrogens (primary N) is 1. The smallest absolute Gasteiger partial charge is 0.253 e. The summed E-state index contributed by atoms with van der Waals surface area (Å²) in [5.74, 6) is -2.46. The minimum atomic E-state index is -1.02. The molecule has 1 aromatic carbocycles. The van der Waals surface area contributed by atoms with Gasteiger partial charge in [0.05, 0.1) is 0 Å². The van der Waals surface area contributed by atoms with Crippen molar-refractivity contribution in [3.05, 3.63) is 40.6 Å². The molecule has 1 aromatic rings. The third-order valence-electron chi connectivity index (χ3n) is 5.11. The lowest BCUT2D eigenvalue weighted by Gasteiger charge is -2.41. The van der Waals surface area contributed by atoms with Crippen LogP contribution in [0.1, 0.15) is 32.6 Å². The van der Waals surface area contributed by atoms with Crippen molar-refractivity contribution in [2.45, 2.75) is 32.6 Å². The molecule has 1 fully saturated rings. The molecule has 1 saturated carbocycles. The summed E-state index contributed by atoms with van der Waals surface area (Å²) in [6, 6.07) is 6.76. The van der Waals surface area contributed by atoms with Gasteiger partial charge in [-0.05, 0) is 44.0 Å². The fourth-order valence-electron chi connectivity index (χ4n) is 4.16. The second kappa shape index (κ2) is 6.52. The normalized spacial score (nSPS) is 22.0. The molecular formula is C18H20ClN3O3. The number of hydrogen-bond donors (Lipinski definition) is 3. The van der Waals surface area contributed by atoms with Crippen LogP contribution in [0, 0.1) is 11.3 Å².